The largest absolute Gasteiger partial charge is 0.461 e. The number of hydrogen-bond donors (Lipinski definition) is 1. The summed E-state index contributed by atoms with van der Waals surface area (Å²) in [6.45, 7) is 5.83. The number of hydrogen-bond acceptors (Lipinski definition) is 12. The minimum absolute atomic E-state index is 0.232. The fourth-order valence-electron chi connectivity index (χ4n) is 5.41. The normalized spacial score (nSPS) is 19.1. The first-order valence-electron chi connectivity index (χ1n) is 13.3. The number of nitrogen functional groups attached to an aromatic ring is 1. The van der Waals surface area contributed by atoms with Crippen molar-refractivity contribution in [2.45, 2.75) is 17.7 Å². The molecule has 212 valence electrons. The Hall–Kier alpha value is -3.82. The van der Waals surface area contributed by atoms with Gasteiger partial charge >= 0.3 is 0 Å². The van der Waals surface area contributed by atoms with Crippen LogP contribution in [0, 0.1) is 5.92 Å². The van der Waals surface area contributed by atoms with Gasteiger partial charge in [-0.15, -0.1) is 5.10 Å². The van der Waals surface area contributed by atoms with E-state index < -0.39 is 10.0 Å². The topological polar surface area (TPSA) is 155 Å². The summed E-state index contributed by atoms with van der Waals surface area (Å²) in [5.74, 6) is 2.59. The highest BCUT2D eigenvalue weighted by Gasteiger charge is 2.29. The molecule has 4 aromatic rings. The van der Waals surface area contributed by atoms with E-state index in [1.165, 1.54) is 15.0 Å². The maximum atomic E-state index is 12.8. The Balaban J connectivity index is 1.10. The Morgan fingerprint density at radius 1 is 1.07 bits per heavy atom. The minimum atomic E-state index is -3.58. The highest BCUT2D eigenvalue weighted by atomic mass is 32.2. The van der Waals surface area contributed by atoms with Crippen LogP contribution in [0.15, 0.2) is 46.2 Å². The molecule has 0 amide bonds. The first kappa shape index (κ1) is 26.4. The van der Waals surface area contributed by atoms with E-state index in [0.29, 0.717) is 34.9 Å². The molecule has 1 atom stereocenters. The fourth-order valence-corrected chi connectivity index (χ4v) is 6.46. The van der Waals surface area contributed by atoms with Gasteiger partial charge in [-0.2, -0.15) is 19.5 Å². The molecule has 1 unspecified atom stereocenters. The molecule has 6 heterocycles. The zero-order valence-corrected chi connectivity index (χ0v) is 23.4. The van der Waals surface area contributed by atoms with E-state index in [-0.39, 0.29) is 10.8 Å². The van der Waals surface area contributed by atoms with Gasteiger partial charge in [-0.05, 0) is 37.0 Å². The molecule has 0 spiro atoms. The van der Waals surface area contributed by atoms with Crippen LogP contribution in [0.3, 0.4) is 0 Å². The van der Waals surface area contributed by atoms with Gasteiger partial charge in [0, 0.05) is 72.3 Å². The van der Waals surface area contributed by atoms with Crippen LogP contribution in [0.1, 0.15) is 12.8 Å². The third-order valence-electron chi connectivity index (χ3n) is 7.52. The Morgan fingerprint density at radius 3 is 2.65 bits per heavy atom. The highest BCUT2D eigenvalue weighted by molar-refractivity contribution is 7.89. The van der Waals surface area contributed by atoms with Gasteiger partial charge in [-0.3, -0.25) is 9.88 Å². The van der Waals surface area contributed by atoms with Gasteiger partial charge in [-0.25, -0.2) is 12.7 Å². The number of pyridine rings is 1. The standard InChI is InChI=1S/C25H33N11O3S/c1-32(2)40(37,38)21-15-27-8-7-19(21)34-12-10-33(11-13-34)16-18-5-3-9-35(17-18)24-29-23(26)36-25(30-24)28-22(31-36)20-6-4-14-39-20/h4,6-8,14-15,18H,3,5,9-13,16-17H2,1-2H3,(H2,26,28,29,30,31). The van der Waals surface area contributed by atoms with Crippen molar-refractivity contribution in [3.05, 3.63) is 36.9 Å². The van der Waals surface area contributed by atoms with Gasteiger partial charge in [0.15, 0.2) is 5.76 Å². The summed E-state index contributed by atoms with van der Waals surface area (Å²) in [5, 5.41) is 4.38. The SMILES string of the molecule is CN(C)S(=O)(=O)c1cnccc1N1CCN(CC2CCCN(c3nc(N)n4nc(-c5ccco5)nc4n3)C2)CC1. The number of piperazine rings is 1. The second kappa shape index (κ2) is 10.6. The van der Waals surface area contributed by atoms with Gasteiger partial charge in [-0.1, -0.05) is 0 Å². The molecule has 0 aliphatic carbocycles. The fraction of sp³-hybridized carbons (Fsp3) is 0.480. The maximum Gasteiger partial charge on any atom is 0.259 e. The number of rotatable bonds is 7. The molecule has 2 aliphatic heterocycles. The zero-order chi connectivity index (χ0) is 27.9. The summed E-state index contributed by atoms with van der Waals surface area (Å²) in [4.78, 5) is 24.8. The number of piperidine rings is 1. The molecule has 0 saturated carbocycles. The second-order valence-corrected chi connectivity index (χ2v) is 12.5. The van der Waals surface area contributed by atoms with E-state index in [9.17, 15) is 8.42 Å². The van der Waals surface area contributed by atoms with Crippen molar-refractivity contribution in [3.63, 3.8) is 0 Å². The summed E-state index contributed by atoms with van der Waals surface area (Å²) in [7, 11) is -0.496. The minimum Gasteiger partial charge on any atom is -0.461 e. The molecule has 2 N–H and O–H groups in total. The average molecular weight is 568 g/mol. The Labute approximate surface area is 232 Å². The monoisotopic (exact) mass is 567 g/mol. The first-order valence-corrected chi connectivity index (χ1v) is 14.8. The summed E-state index contributed by atoms with van der Waals surface area (Å²) in [6.07, 6.45) is 6.82. The van der Waals surface area contributed by atoms with E-state index in [0.717, 1.165) is 58.7 Å². The lowest BCUT2D eigenvalue weighted by Gasteiger charge is -2.40. The van der Waals surface area contributed by atoms with Crippen molar-refractivity contribution in [2.75, 3.05) is 75.4 Å². The predicted octanol–water partition coefficient (Wildman–Crippen LogP) is 1.05. The molecule has 40 heavy (non-hydrogen) atoms. The number of sulfonamides is 1. The highest BCUT2D eigenvalue weighted by Crippen LogP contribution is 2.28. The molecule has 4 aromatic heterocycles. The number of anilines is 3. The summed E-state index contributed by atoms with van der Waals surface area (Å²) < 4.78 is 33.7. The zero-order valence-electron chi connectivity index (χ0n) is 22.6. The van der Waals surface area contributed by atoms with Crippen molar-refractivity contribution in [3.8, 4) is 11.6 Å². The molecule has 0 aromatic carbocycles. The first-order chi connectivity index (χ1) is 19.3. The predicted molar refractivity (Wildman–Crippen MR) is 149 cm³/mol. The lowest BCUT2D eigenvalue weighted by Crippen LogP contribution is -2.50. The van der Waals surface area contributed by atoms with Crippen LogP contribution in [0.25, 0.3) is 17.4 Å². The number of fused-ring (bicyclic) bond motifs is 1. The summed E-state index contributed by atoms with van der Waals surface area (Å²) in [6, 6.07) is 5.36. The average Bonchev–Trinajstić information content (AvgIpc) is 3.64. The van der Waals surface area contributed by atoms with Crippen molar-refractivity contribution >= 4 is 33.4 Å². The van der Waals surface area contributed by atoms with Crippen LogP contribution in [0.2, 0.25) is 0 Å². The summed E-state index contributed by atoms with van der Waals surface area (Å²) in [5.41, 5.74) is 6.93. The summed E-state index contributed by atoms with van der Waals surface area (Å²) >= 11 is 0. The Kier molecular flexibility index (Phi) is 7.02. The molecule has 14 nitrogen and oxygen atoms in total. The van der Waals surface area contributed by atoms with Crippen molar-refractivity contribution in [2.24, 2.45) is 5.92 Å². The van der Waals surface area contributed by atoms with Crippen LogP contribution in [-0.4, -0.2) is 107 Å². The van der Waals surface area contributed by atoms with Gasteiger partial charge in [0.2, 0.25) is 27.7 Å². The number of nitrogens with zero attached hydrogens (tertiary/aromatic N) is 10. The van der Waals surface area contributed by atoms with Crippen molar-refractivity contribution < 1.29 is 12.8 Å². The molecule has 0 bridgehead atoms. The van der Waals surface area contributed by atoms with Crippen LogP contribution in [0.5, 0.6) is 0 Å². The number of furan rings is 1. The molecule has 0 radical (unpaired) electrons. The van der Waals surface area contributed by atoms with Gasteiger partial charge in [0.1, 0.15) is 4.90 Å². The quantitative estimate of drug-likeness (QED) is 0.339. The lowest BCUT2D eigenvalue weighted by molar-refractivity contribution is 0.205. The van der Waals surface area contributed by atoms with E-state index >= 15 is 0 Å². The number of nitrogens with two attached hydrogens (primary N) is 1. The van der Waals surface area contributed by atoms with Crippen LogP contribution in [-0.2, 0) is 10.0 Å². The van der Waals surface area contributed by atoms with Crippen molar-refractivity contribution in [1.29, 1.82) is 0 Å². The molecule has 15 heteroatoms. The van der Waals surface area contributed by atoms with Crippen LogP contribution in [0.4, 0.5) is 17.6 Å². The Bertz CT molecular complexity index is 1580. The molecular weight excluding hydrogens is 534 g/mol. The molecule has 2 fully saturated rings. The van der Waals surface area contributed by atoms with Gasteiger partial charge < -0.3 is 20.0 Å². The van der Waals surface area contributed by atoms with Crippen LogP contribution < -0.4 is 15.5 Å². The van der Waals surface area contributed by atoms with E-state index in [2.05, 4.69) is 39.7 Å². The van der Waals surface area contributed by atoms with Crippen molar-refractivity contribution in [1.82, 2.24) is 38.8 Å². The van der Waals surface area contributed by atoms with Crippen LogP contribution >= 0.6 is 0 Å². The molecular formula is C25H33N11O3S. The van der Waals surface area contributed by atoms with E-state index in [4.69, 9.17) is 10.2 Å². The maximum absolute atomic E-state index is 12.8. The smallest absolute Gasteiger partial charge is 0.259 e. The third kappa shape index (κ3) is 5.07. The second-order valence-electron chi connectivity index (χ2n) is 10.4. The molecule has 6 rings (SSSR count). The molecule has 2 saturated heterocycles. The van der Waals surface area contributed by atoms with Gasteiger partial charge in [0.25, 0.3) is 5.78 Å². The number of aromatic nitrogens is 6. The third-order valence-corrected chi connectivity index (χ3v) is 9.35. The molecule has 2 aliphatic rings. The van der Waals surface area contributed by atoms with E-state index in [1.54, 1.807) is 44.8 Å². The van der Waals surface area contributed by atoms with Gasteiger partial charge in [0.05, 0.1) is 12.0 Å². The van der Waals surface area contributed by atoms with E-state index in [1.807, 2.05) is 0 Å². The lowest BCUT2D eigenvalue weighted by atomic mass is 9.97. The Morgan fingerprint density at radius 2 is 1.90 bits per heavy atom.